The number of nitrogens with one attached hydrogen (secondary N) is 1. The molecule has 0 unspecified atom stereocenters. The average Bonchev–Trinajstić information content (AvgIpc) is 2.39. The number of carbonyl (C=O) groups excluding carboxylic acids is 1. The van der Waals surface area contributed by atoms with Crippen LogP contribution in [0.2, 0.25) is 0 Å². The topological polar surface area (TPSA) is 75.6 Å². The summed E-state index contributed by atoms with van der Waals surface area (Å²) >= 11 is 0. The number of carbonyl (C=O) groups is 2. The third-order valence-corrected chi connectivity index (χ3v) is 2.88. The highest BCUT2D eigenvalue weighted by atomic mass is 19.3. The van der Waals surface area contributed by atoms with Gasteiger partial charge in [0.1, 0.15) is 11.8 Å². The van der Waals surface area contributed by atoms with Crippen molar-refractivity contribution >= 4 is 11.9 Å². The zero-order chi connectivity index (χ0) is 16.7. The van der Waals surface area contributed by atoms with Crippen LogP contribution in [0.4, 0.5) is 8.78 Å². The van der Waals surface area contributed by atoms with Crippen molar-refractivity contribution in [2.75, 3.05) is 0 Å². The Morgan fingerprint density at radius 2 is 1.91 bits per heavy atom. The Labute approximate surface area is 127 Å². The van der Waals surface area contributed by atoms with E-state index in [1.54, 1.807) is 6.07 Å². The van der Waals surface area contributed by atoms with Gasteiger partial charge in [0.2, 0.25) is 5.91 Å². The van der Waals surface area contributed by atoms with Crippen LogP contribution in [0.25, 0.3) is 0 Å². The number of rotatable bonds is 8. The quantitative estimate of drug-likeness (QED) is 0.772. The molecular weight excluding hydrogens is 296 g/mol. The van der Waals surface area contributed by atoms with Gasteiger partial charge < -0.3 is 15.2 Å². The van der Waals surface area contributed by atoms with Gasteiger partial charge in [0.05, 0.1) is 6.42 Å². The van der Waals surface area contributed by atoms with Crippen LogP contribution in [0.3, 0.4) is 0 Å². The number of amides is 1. The molecule has 0 aliphatic heterocycles. The zero-order valence-electron chi connectivity index (χ0n) is 12.4. The number of benzene rings is 1. The van der Waals surface area contributed by atoms with Crippen molar-refractivity contribution in [3.05, 3.63) is 29.8 Å². The molecular formula is C15H19F2NO4. The molecule has 22 heavy (non-hydrogen) atoms. The molecule has 0 bridgehead atoms. The first-order valence-electron chi connectivity index (χ1n) is 6.84. The molecule has 1 aromatic rings. The lowest BCUT2D eigenvalue weighted by molar-refractivity contribution is -0.142. The SMILES string of the molecule is CC(C)C[C@@H](NC(=O)Cc1ccccc1OC(F)F)C(=O)O. The predicted octanol–water partition coefficient (Wildman–Crippen LogP) is 2.45. The Balaban J connectivity index is 2.73. The van der Waals surface area contributed by atoms with Gasteiger partial charge in [0.25, 0.3) is 0 Å². The summed E-state index contributed by atoms with van der Waals surface area (Å²) in [7, 11) is 0. The van der Waals surface area contributed by atoms with Gasteiger partial charge in [-0.1, -0.05) is 32.0 Å². The maximum atomic E-state index is 12.3. The van der Waals surface area contributed by atoms with E-state index in [2.05, 4.69) is 10.1 Å². The standard InChI is InChI=1S/C15H19F2NO4/c1-9(2)7-11(14(20)21)18-13(19)8-10-5-3-4-6-12(10)22-15(16)17/h3-6,9,11,15H,7-8H2,1-2H3,(H,18,19)(H,20,21)/t11-/m1/s1. The van der Waals surface area contributed by atoms with E-state index in [1.807, 2.05) is 13.8 Å². The van der Waals surface area contributed by atoms with Gasteiger partial charge in [-0.3, -0.25) is 4.79 Å². The second-order valence-electron chi connectivity index (χ2n) is 5.25. The number of alkyl halides is 2. The Bertz CT molecular complexity index is 520. The number of halogens is 2. The first kappa shape index (κ1) is 17.9. The van der Waals surface area contributed by atoms with Crippen molar-refractivity contribution in [1.29, 1.82) is 0 Å². The van der Waals surface area contributed by atoms with Crippen molar-refractivity contribution in [2.24, 2.45) is 5.92 Å². The summed E-state index contributed by atoms with van der Waals surface area (Å²) in [6.07, 6.45) is 0.0566. The highest BCUT2D eigenvalue weighted by Crippen LogP contribution is 2.20. The van der Waals surface area contributed by atoms with Crippen LogP contribution in [0, 0.1) is 5.92 Å². The van der Waals surface area contributed by atoms with Gasteiger partial charge in [-0.15, -0.1) is 0 Å². The van der Waals surface area contributed by atoms with Crippen molar-refractivity contribution in [2.45, 2.75) is 39.3 Å². The number of hydrogen-bond donors (Lipinski definition) is 2. The molecule has 0 saturated heterocycles. The van der Waals surface area contributed by atoms with E-state index in [1.165, 1.54) is 18.2 Å². The minimum Gasteiger partial charge on any atom is -0.480 e. The molecule has 2 N–H and O–H groups in total. The van der Waals surface area contributed by atoms with E-state index < -0.39 is 24.5 Å². The third kappa shape index (κ3) is 6.07. The second-order valence-corrected chi connectivity index (χ2v) is 5.25. The average molecular weight is 315 g/mol. The minimum atomic E-state index is -2.99. The monoisotopic (exact) mass is 315 g/mol. The molecule has 0 aliphatic carbocycles. The van der Waals surface area contributed by atoms with E-state index in [0.717, 1.165) is 0 Å². The van der Waals surface area contributed by atoms with E-state index in [0.29, 0.717) is 0 Å². The maximum Gasteiger partial charge on any atom is 0.387 e. The summed E-state index contributed by atoms with van der Waals surface area (Å²) in [6.45, 7) is 0.693. The lowest BCUT2D eigenvalue weighted by Gasteiger charge is -2.17. The van der Waals surface area contributed by atoms with Gasteiger partial charge in [0, 0.05) is 5.56 Å². The van der Waals surface area contributed by atoms with Gasteiger partial charge in [-0.2, -0.15) is 8.78 Å². The number of aliphatic carboxylic acids is 1. The van der Waals surface area contributed by atoms with Gasteiger partial charge in [-0.05, 0) is 18.4 Å². The number of hydrogen-bond acceptors (Lipinski definition) is 3. The summed E-state index contributed by atoms with van der Waals surface area (Å²) < 4.78 is 28.9. The van der Waals surface area contributed by atoms with Gasteiger partial charge in [0.15, 0.2) is 0 Å². The summed E-state index contributed by atoms with van der Waals surface area (Å²) in [6, 6.07) is 4.91. The fourth-order valence-corrected chi connectivity index (χ4v) is 1.97. The first-order valence-corrected chi connectivity index (χ1v) is 6.84. The number of ether oxygens (including phenoxy) is 1. The predicted molar refractivity (Wildman–Crippen MR) is 75.8 cm³/mol. The Hall–Kier alpha value is -2.18. The molecule has 0 saturated carbocycles. The summed E-state index contributed by atoms with van der Waals surface area (Å²) in [5.74, 6) is -1.68. The molecule has 5 nitrogen and oxygen atoms in total. The molecule has 1 atom stereocenters. The van der Waals surface area contributed by atoms with Crippen LogP contribution < -0.4 is 10.1 Å². The molecule has 7 heteroatoms. The number of para-hydroxylation sites is 1. The molecule has 1 aromatic carbocycles. The first-order chi connectivity index (χ1) is 10.3. The highest BCUT2D eigenvalue weighted by Gasteiger charge is 2.22. The van der Waals surface area contributed by atoms with Crippen molar-refractivity contribution in [3.63, 3.8) is 0 Å². The van der Waals surface area contributed by atoms with Crippen LogP contribution in [0.1, 0.15) is 25.8 Å². The summed E-state index contributed by atoms with van der Waals surface area (Å²) in [5, 5.41) is 11.5. The minimum absolute atomic E-state index is 0.0934. The van der Waals surface area contributed by atoms with Crippen LogP contribution in [0.15, 0.2) is 24.3 Å². The largest absolute Gasteiger partial charge is 0.480 e. The van der Waals surface area contributed by atoms with Crippen LogP contribution in [0.5, 0.6) is 5.75 Å². The fraction of sp³-hybridized carbons (Fsp3) is 0.467. The Kier molecular flexibility index (Phi) is 6.75. The van der Waals surface area contributed by atoms with Crippen molar-refractivity contribution < 1.29 is 28.2 Å². The van der Waals surface area contributed by atoms with Crippen LogP contribution >= 0.6 is 0 Å². The lowest BCUT2D eigenvalue weighted by Crippen LogP contribution is -2.42. The third-order valence-electron chi connectivity index (χ3n) is 2.88. The molecule has 0 radical (unpaired) electrons. The molecule has 0 spiro atoms. The number of carboxylic acid groups (broad SMARTS) is 1. The Morgan fingerprint density at radius 3 is 2.45 bits per heavy atom. The molecule has 0 heterocycles. The van der Waals surface area contributed by atoms with E-state index in [-0.39, 0.29) is 30.1 Å². The van der Waals surface area contributed by atoms with Gasteiger partial charge >= 0.3 is 12.6 Å². The Morgan fingerprint density at radius 1 is 1.27 bits per heavy atom. The lowest BCUT2D eigenvalue weighted by atomic mass is 10.0. The molecule has 1 rings (SSSR count). The zero-order valence-corrected chi connectivity index (χ0v) is 12.4. The van der Waals surface area contributed by atoms with Crippen molar-refractivity contribution in [1.82, 2.24) is 5.32 Å². The molecule has 0 aliphatic rings. The summed E-state index contributed by atoms with van der Waals surface area (Å²) in [5.41, 5.74) is 0.272. The van der Waals surface area contributed by atoms with Crippen LogP contribution in [-0.4, -0.2) is 29.6 Å². The molecule has 122 valence electrons. The second kappa shape index (κ2) is 8.31. The maximum absolute atomic E-state index is 12.3. The fourth-order valence-electron chi connectivity index (χ4n) is 1.97. The smallest absolute Gasteiger partial charge is 0.387 e. The molecule has 0 fully saturated rings. The van der Waals surface area contributed by atoms with E-state index in [4.69, 9.17) is 5.11 Å². The normalized spacial score (nSPS) is 12.3. The van der Waals surface area contributed by atoms with E-state index >= 15 is 0 Å². The highest BCUT2D eigenvalue weighted by molar-refractivity contribution is 5.85. The summed E-state index contributed by atoms with van der Waals surface area (Å²) in [4.78, 5) is 23.0. The van der Waals surface area contributed by atoms with Gasteiger partial charge in [-0.25, -0.2) is 4.79 Å². The molecule has 1 amide bonds. The van der Waals surface area contributed by atoms with Crippen molar-refractivity contribution in [3.8, 4) is 5.75 Å². The molecule has 0 aromatic heterocycles. The van der Waals surface area contributed by atoms with Crippen LogP contribution in [-0.2, 0) is 16.0 Å². The number of carboxylic acids is 1. The van der Waals surface area contributed by atoms with E-state index in [9.17, 15) is 18.4 Å².